The molecule has 1 spiro atoms. The first-order valence-electron chi connectivity index (χ1n) is 5.02. The molecule has 7 heteroatoms. The van der Waals surface area contributed by atoms with Crippen molar-refractivity contribution in [2.45, 2.75) is 12.8 Å². The molecule has 2 heterocycles. The van der Waals surface area contributed by atoms with Crippen molar-refractivity contribution in [3.63, 3.8) is 0 Å². The predicted molar refractivity (Wildman–Crippen MR) is 45.9 cm³/mol. The van der Waals surface area contributed by atoms with E-state index < -0.39 is 53.3 Å². The zero-order chi connectivity index (χ0) is 12.4. The molecule has 3 fully saturated rings. The molecule has 3 rings (SSSR count). The van der Waals surface area contributed by atoms with Crippen molar-refractivity contribution in [1.29, 1.82) is 0 Å². The summed E-state index contributed by atoms with van der Waals surface area (Å²) < 4.78 is 8.74. The van der Waals surface area contributed by atoms with Crippen LogP contribution < -0.4 is 0 Å². The number of fused-ring (bicyclic) bond motifs is 3. The van der Waals surface area contributed by atoms with E-state index in [1.165, 1.54) is 0 Å². The van der Waals surface area contributed by atoms with Gasteiger partial charge in [-0.2, -0.15) is 0 Å². The Balaban J connectivity index is 2.15. The van der Waals surface area contributed by atoms with Crippen LogP contribution in [0.4, 0.5) is 0 Å². The van der Waals surface area contributed by atoms with E-state index in [1.54, 1.807) is 0 Å². The third-order valence-corrected chi connectivity index (χ3v) is 3.59. The highest BCUT2D eigenvalue weighted by atomic mass is 16.6. The Kier molecular flexibility index (Phi) is 1.66. The highest BCUT2D eigenvalue weighted by molar-refractivity contribution is 6.23. The van der Waals surface area contributed by atoms with Gasteiger partial charge in [0.25, 0.3) is 0 Å². The molecule has 0 radical (unpaired) electrons. The minimum absolute atomic E-state index is 0.0706. The standard InChI is InChI=1S/C10H6O7/c11-5-2-10(9(15)16-5)4-1-3(6(10)12)7(13)17-8(4)14/h3-4H,1-2H2. The molecular formula is C10H6O7. The van der Waals surface area contributed by atoms with Crippen molar-refractivity contribution in [2.24, 2.45) is 17.3 Å². The van der Waals surface area contributed by atoms with E-state index >= 15 is 0 Å². The summed E-state index contributed by atoms with van der Waals surface area (Å²) in [5.41, 5.74) is -1.81. The average molecular weight is 238 g/mol. The first-order valence-corrected chi connectivity index (χ1v) is 5.02. The van der Waals surface area contributed by atoms with Crippen LogP contribution in [-0.2, 0) is 33.4 Å². The maximum Gasteiger partial charge on any atom is 0.328 e. The Morgan fingerprint density at radius 3 is 2.29 bits per heavy atom. The summed E-state index contributed by atoms with van der Waals surface area (Å²) in [5.74, 6) is -6.69. The summed E-state index contributed by atoms with van der Waals surface area (Å²) >= 11 is 0. The molecule has 0 aromatic rings. The Bertz CT molecular complexity index is 505. The van der Waals surface area contributed by atoms with Crippen LogP contribution in [0.3, 0.4) is 0 Å². The number of cyclic esters (lactones) is 4. The molecule has 0 aromatic heterocycles. The molecule has 7 nitrogen and oxygen atoms in total. The van der Waals surface area contributed by atoms with Gasteiger partial charge in [0, 0.05) is 0 Å². The Morgan fingerprint density at radius 2 is 1.71 bits per heavy atom. The zero-order valence-electron chi connectivity index (χ0n) is 8.43. The van der Waals surface area contributed by atoms with Gasteiger partial charge in [-0.3, -0.25) is 24.0 Å². The molecule has 1 saturated carbocycles. The van der Waals surface area contributed by atoms with Gasteiger partial charge in [0.05, 0.1) is 12.3 Å². The predicted octanol–water partition coefficient (Wildman–Crippen LogP) is -1.27. The number of carbonyl (C=O) groups excluding carboxylic acids is 5. The van der Waals surface area contributed by atoms with Crippen LogP contribution in [0.15, 0.2) is 0 Å². The summed E-state index contributed by atoms with van der Waals surface area (Å²) in [7, 11) is 0. The van der Waals surface area contributed by atoms with Gasteiger partial charge in [-0.25, -0.2) is 0 Å². The van der Waals surface area contributed by atoms with Crippen molar-refractivity contribution < 1.29 is 33.4 Å². The Labute approximate surface area is 94.0 Å². The second kappa shape index (κ2) is 2.79. The number of ketones is 1. The molecule has 3 unspecified atom stereocenters. The third kappa shape index (κ3) is 0.986. The Hall–Kier alpha value is -2.05. The van der Waals surface area contributed by atoms with Crippen molar-refractivity contribution in [2.75, 3.05) is 0 Å². The summed E-state index contributed by atoms with van der Waals surface area (Å²) in [6.07, 6.45) is -0.549. The summed E-state index contributed by atoms with van der Waals surface area (Å²) in [4.78, 5) is 57.6. The topological polar surface area (TPSA) is 104 Å². The third-order valence-electron chi connectivity index (χ3n) is 3.59. The molecule has 88 valence electrons. The fourth-order valence-electron chi connectivity index (χ4n) is 2.75. The van der Waals surface area contributed by atoms with Gasteiger partial charge in [-0.05, 0) is 6.42 Å². The molecule has 3 aliphatic rings. The molecule has 2 saturated heterocycles. The maximum atomic E-state index is 12.0. The lowest BCUT2D eigenvalue weighted by atomic mass is 9.76. The van der Waals surface area contributed by atoms with Gasteiger partial charge >= 0.3 is 23.9 Å². The number of hydrogen-bond donors (Lipinski definition) is 0. The van der Waals surface area contributed by atoms with Crippen LogP contribution >= 0.6 is 0 Å². The quantitative estimate of drug-likeness (QED) is 0.383. The molecule has 17 heavy (non-hydrogen) atoms. The van der Waals surface area contributed by atoms with Crippen LogP contribution in [0.2, 0.25) is 0 Å². The molecular weight excluding hydrogens is 232 g/mol. The number of hydrogen-bond acceptors (Lipinski definition) is 7. The molecule has 3 atom stereocenters. The summed E-state index contributed by atoms with van der Waals surface area (Å²) in [6.45, 7) is 0. The van der Waals surface area contributed by atoms with Crippen LogP contribution in [0.25, 0.3) is 0 Å². The van der Waals surface area contributed by atoms with Crippen LogP contribution in [0, 0.1) is 17.3 Å². The van der Waals surface area contributed by atoms with E-state index in [2.05, 4.69) is 9.47 Å². The highest BCUT2D eigenvalue weighted by Gasteiger charge is 2.71. The SMILES string of the molecule is O=C1CC2(C(=O)O1)C(=O)C1CC2C(=O)OC1=O. The van der Waals surface area contributed by atoms with Crippen molar-refractivity contribution in [1.82, 2.24) is 0 Å². The second-order valence-corrected chi connectivity index (χ2v) is 4.35. The fourth-order valence-corrected chi connectivity index (χ4v) is 2.75. The van der Waals surface area contributed by atoms with E-state index in [0.717, 1.165) is 0 Å². The van der Waals surface area contributed by atoms with Gasteiger partial charge < -0.3 is 9.47 Å². The van der Waals surface area contributed by atoms with E-state index in [9.17, 15) is 24.0 Å². The maximum absolute atomic E-state index is 12.0. The largest absolute Gasteiger partial charge is 0.392 e. The van der Waals surface area contributed by atoms with Crippen LogP contribution in [0.1, 0.15) is 12.8 Å². The Morgan fingerprint density at radius 1 is 1.00 bits per heavy atom. The number of Topliss-reactive ketones (excluding diaryl/α,β-unsaturated/α-hetero) is 1. The highest BCUT2D eigenvalue weighted by Crippen LogP contribution is 2.52. The number of ether oxygens (including phenoxy) is 2. The van der Waals surface area contributed by atoms with Gasteiger partial charge in [-0.1, -0.05) is 0 Å². The van der Waals surface area contributed by atoms with Gasteiger partial charge in [-0.15, -0.1) is 0 Å². The number of carbonyl (C=O) groups is 5. The monoisotopic (exact) mass is 238 g/mol. The summed E-state index contributed by atoms with van der Waals surface area (Å²) in [5, 5.41) is 0. The minimum atomic E-state index is -1.81. The van der Waals surface area contributed by atoms with Crippen molar-refractivity contribution in [3.8, 4) is 0 Å². The molecule has 2 aliphatic heterocycles. The molecule has 0 aromatic carbocycles. The fraction of sp³-hybridized carbons (Fsp3) is 0.500. The van der Waals surface area contributed by atoms with Crippen LogP contribution in [-0.4, -0.2) is 29.7 Å². The van der Waals surface area contributed by atoms with Gasteiger partial charge in [0.2, 0.25) is 0 Å². The normalized spacial score (nSPS) is 39.9. The summed E-state index contributed by atoms with van der Waals surface area (Å²) in [6, 6.07) is 0. The number of esters is 4. The van der Waals surface area contributed by atoms with E-state index in [0.29, 0.717) is 0 Å². The first kappa shape index (κ1) is 10.1. The van der Waals surface area contributed by atoms with Gasteiger partial charge in [0.1, 0.15) is 5.92 Å². The average Bonchev–Trinajstić information content (AvgIpc) is 2.66. The lowest BCUT2D eigenvalue weighted by Gasteiger charge is -2.21. The van der Waals surface area contributed by atoms with E-state index in [1.807, 2.05) is 0 Å². The van der Waals surface area contributed by atoms with Gasteiger partial charge in [0.15, 0.2) is 11.2 Å². The number of rotatable bonds is 0. The zero-order valence-corrected chi connectivity index (χ0v) is 8.43. The van der Waals surface area contributed by atoms with E-state index in [4.69, 9.17) is 0 Å². The van der Waals surface area contributed by atoms with Crippen molar-refractivity contribution in [3.05, 3.63) is 0 Å². The molecule has 1 aliphatic carbocycles. The van der Waals surface area contributed by atoms with Crippen molar-refractivity contribution >= 4 is 29.7 Å². The second-order valence-electron chi connectivity index (χ2n) is 4.35. The molecule has 0 amide bonds. The molecule has 0 N–H and O–H groups in total. The smallest absolute Gasteiger partial charge is 0.328 e. The lowest BCUT2D eigenvalue weighted by molar-refractivity contribution is -0.172. The lowest BCUT2D eigenvalue weighted by Crippen LogP contribution is -2.40. The van der Waals surface area contributed by atoms with E-state index in [-0.39, 0.29) is 6.42 Å². The van der Waals surface area contributed by atoms with Crippen LogP contribution in [0.5, 0.6) is 0 Å². The first-order chi connectivity index (χ1) is 7.96. The molecule has 2 bridgehead atoms. The minimum Gasteiger partial charge on any atom is -0.392 e.